The molecule has 1 fully saturated rings. The topological polar surface area (TPSA) is 23.6 Å². The molecule has 1 amide bonds. The maximum Gasteiger partial charge on any atom is 0.242 e. The van der Waals surface area contributed by atoms with Gasteiger partial charge in [0.25, 0.3) is 0 Å². The van der Waals surface area contributed by atoms with Crippen molar-refractivity contribution in [2.75, 3.05) is 31.1 Å². The lowest BCUT2D eigenvalue weighted by molar-refractivity contribution is -0.129. The number of hydrogen-bond acceptors (Lipinski definition) is 2. The number of rotatable bonds is 4. The van der Waals surface area contributed by atoms with Crippen LogP contribution in [-0.2, 0) is 4.79 Å². The van der Waals surface area contributed by atoms with E-state index in [1.54, 1.807) is 0 Å². The Kier molecular flexibility index (Phi) is 5.25. The van der Waals surface area contributed by atoms with Crippen molar-refractivity contribution >= 4 is 11.6 Å². The van der Waals surface area contributed by atoms with Crippen molar-refractivity contribution in [2.45, 2.75) is 32.6 Å². The first kappa shape index (κ1) is 13.9. The van der Waals surface area contributed by atoms with Crippen LogP contribution in [0.15, 0.2) is 30.3 Å². The van der Waals surface area contributed by atoms with Gasteiger partial charge in [0.2, 0.25) is 5.91 Å². The molecule has 3 heteroatoms. The number of anilines is 1. The molecule has 0 atom stereocenters. The van der Waals surface area contributed by atoms with Gasteiger partial charge in [0.1, 0.15) is 0 Å². The van der Waals surface area contributed by atoms with E-state index in [2.05, 4.69) is 24.0 Å². The second-order valence-electron chi connectivity index (χ2n) is 5.14. The van der Waals surface area contributed by atoms with Gasteiger partial charge in [-0.3, -0.25) is 4.79 Å². The van der Waals surface area contributed by atoms with Gasteiger partial charge in [0, 0.05) is 25.3 Å². The fraction of sp³-hybridized carbons (Fsp3) is 0.562. The van der Waals surface area contributed by atoms with E-state index >= 15 is 0 Å². The van der Waals surface area contributed by atoms with E-state index in [9.17, 15) is 4.79 Å². The van der Waals surface area contributed by atoms with E-state index in [4.69, 9.17) is 0 Å². The highest BCUT2D eigenvalue weighted by Gasteiger charge is 2.18. The SMILES string of the molecule is CCN(CC(=O)N1CCCCCC1)c1ccccc1. The maximum absolute atomic E-state index is 12.4. The molecule has 1 saturated heterocycles. The second-order valence-corrected chi connectivity index (χ2v) is 5.14. The van der Waals surface area contributed by atoms with Crippen LogP contribution < -0.4 is 4.90 Å². The van der Waals surface area contributed by atoms with Gasteiger partial charge in [-0.15, -0.1) is 0 Å². The summed E-state index contributed by atoms with van der Waals surface area (Å²) in [5.41, 5.74) is 1.13. The molecule has 1 aliphatic heterocycles. The molecule has 0 N–H and O–H groups in total. The lowest BCUT2D eigenvalue weighted by Crippen LogP contribution is -2.40. The zero-order valence-corrected chi connectivity index (χ0v) is 11.8. The molecule has 0 unspecified atom stereocenters. The minimum absolute atomic E-state index is 0.271. The Morgan fingerprint density at radius 2 is 1.74 bits per heavy atom. The predicted molar refractivity (Wildman–Crippen MR) is 79.4 cm³/mol. The Hall–Kier alpha value is -1.51. The van der Waals surface area contributed by atoms with Crippen LogP contribution in [0.3, 0.4) is 0 Å². The summed E-state index contributed by atoms with van der Waals surface area (Å²) in [7, 11) is 0. The van der Waals surface area contributed by atoms with Crippen molar-refractivity contribution in [3.8, 4) is 0 Å². The Labute approximate surface area is 116 Å². The Bertz CT molecular complexity index is 383. The molecule has 1 heterocycles. The second kappa shape index (κ2) is 7.17. The number of carbonyl (C=O) groups is 1. The minimum Gasteiger partial charge on any atom is -0.362 e. The van der Waals surface area contributed by atoms with E-state index in [1.807, 2.05) is 23.1 Å². The number of nitrogens with zero attached hydrogens (tertiary/aromatic N) is 2. The van der Waals surface area contributed by atoms with Crippen molar-refractivity contribution in [3.63, 3.8) is 0 Å². The molecule has 0 radical (unpaired) electrons. The molecule has 104 valence electrons. The fourth-order valence-electron chi connectivity index (χ4n) is 2.61. The first-order valence-corrected chi connectivity index (χ1v) is 7.39. The van der Waals surface area contributed by atoms with E-state index < -0.39 is 0 Å². The van der Waals surface area contributed by atoms with Crippen molar-refractivity contribution in [1.82, 2.24) is 4.90 Å². The minimum atomic E-state index is 0.271. The molecule has 1 aliphatic rings. The molecule has 1 aromatic carbocycles. The molecule has 0 spiro atoms. The van der Waals surface area contributed by atoms with Gasteiger partial charge < -0.3 is 9.80 Å². The van der Waals surface area contributed by atoms with Crippen LogP contribution in [0.1, 0.15) is 32.6 Å². The Morgan fingerprint density at radius 1 is 1.11 bits per heavy atom. The lowest BCUT2D eigenvalue weighted by atomic mass is 10.2. The van der Waals surface area contributed by atoms with Gasteiger partial charge in [-0.2, -0.15) is 0 Å². The third-order valence-corrected chi connectivity index (χ3v) is 3.79. The summed E-state index contributed by atoms with van der Waals surface area (Å²) < 4.78 is 0. The van der Waals surface area contributed by atoms with Gasteiger partial charge >= 0.3 is 0 Å². The maximum atomic E-state index is 12.4. The third-order valence-electron chi connectivity index (χ3n) is 3.79. The number of amides is 1. The van der Waals surface area contributed by atoms with Gasteiger partial charge in [0.15, 0.2) is 0 Å². The Balaban J connectivity index is 1.96. The molecule has 0 saturated carbocycles. The van der Waals surface area contributed by atoms with Gasteiger partial charge in [-0.25, -0.2) is 0 Å². The summed E-state index contributed by atoms with van der Waals surface area (Å²) in [6.07, 6.45) is 4.84. The van der Waals surface area contributed by atoms with Crippen LogP contribution >= 0.6 is 0 Å². The summed E-state index contributed by atoms with van der Waals surface area (Å²) in [6, 6.07) is 10.2. The number of para-hydroxylation sites is 1. The molecule has 0 bridgehead atoms. The summed E-state index contributed by atoms with van der Waals surface area (Å²) in [5.74, 6) is 0.271. The number of carbonyl (C=O) groups excluding carboxylic acids is 1. The lowest BCUT2D eigenvalue weighted by Gasteiger charge is -2.27. The standard InChI is InChI=1S/C16H24N2O/c1-2-17(15-10-6-5-7-11-15)14-16(19)18-12-8-3-4-9-13-18/h5-7,10-11H,2-4,8-9,12-14H2,1H3. The van der Waals surface area contributed by atoms with E-state index in [-0.39, 0.29) is 5.91 Å². The summed E-state index contributed by atoms with van der Waals surface area (Å²) in [4.78, 5) is 16.6. The quantitative estimate of drug-likeness (QED) is 0.831. The van der Waals surface area contributed by atoms with Crippen molar-refractivity contribution in [3.05, 3.63) is 30.3 Å². The smallest absolute Gasteiger partial charge is 0.242 e. The van der Waals surface area contributed by atoms with Crippen LogP contribution in [0.2, 0.25) is 0 Å². The van der Waals surface area contributed by atoms with Crippen molar-refractivity contribution in [1.29, 1.82) is 0 Å². The molecule has 0 aromatic heterocycles. The van der Waals surface area contributed by atoms with E-state index in [0.717, 1.165) is 38.2 Å². The Morgan fingerprint density at radius 3 is 2.32 bits per heavy atom. The third kappa shape index (κ3) is 3.98. The van der Waals surface area contributed by atoms with E-state index in [0.29, 0.717) is 6.54 Å². The van der Waals surface area contributed by atoms with Gasteiger partial charge in [-0.05, 0) is 31.9 Å². The molecule has 3 nitrogen and oxygen atoms in total. The largest absolute Gasteiger partial charge is 0.362 e. The van der Waals surface area contributed by atoms with Crippen LogP contribution in [0.4, 0.5) is 5.69 Å². The molecule has 1 aromatic rings. The van der Waals surface area contributed by atoms with Crippen molar-refractivity contribution < 1.29 is 4.79 Å². The highest BCUT2D eigenvalue weighted by Crippen LogP contribution is 2.14. The number of hydrogen-bond donors (Lipinski definition) is 0. The molecule has 19 heavy (non-hydrogen) atoms. The predicted octanol–water partition coefficient (Wildman–Crippen LogP) is 2.92. The highest BCUT2D eigenvalue weighted by atomic mass is 16.2. The van der Waals surface area contributed by atoms with Gasteiger partial charge in [0.05, 0.1) is 6.54 Å². The van der Waals surface area contributed by atoms with E-state index in [1.165, 1.54) is 12.8 Å². The fourth-order valence-corrected chi connectivity index (χ4v) is 2.61. The molecular formula is C16H24N2O. The zero-order valence-electron chi connectivity index (χ0n) is 11.8. The van der Waals surface area contributed by atoms with Crippen LogP contribution in [0.5, 0.6) is 0 Å². The summed E-state index contributed by atoms with van der Waals surface area (Å²) in [6.45, 7) is 5.34. The van der Waals surface area contributed by atoms with Crippen LogP contribution in [0.25, 0.3) is 0 Å². The van der Waals surface area contributed by atoms with Gasteiger partial charge in [-0.1, -0.05) is 31.0 Å². The molecular weight excluding hydrogens is 236 g/mol. The monoisotopic (exact) mass is 260 g/mol. The van der Waals surface area contributed by atoms with Crippen LogP contribution in [0, 0.1) is 0 Å². The number of likely N-dealkylation sites (tertiary alicyclic amines) is 1. The summed E-state index contributed by atoms with van der Waals surface area (Å²) >= 11 is 0. The number of benzene rings is 1. The first-order valence-electron chi connectivity index (χ1n) is 7.39. The molecule has 2 rings (SSSR count). The normalized spacial score (nSPS) is 15.9. The van der Waals surface area contributed by atoms with Crippen LogP contribution in [-0.4, -0.2) is 37.0 Å². The average molecular weight is 260 g/mol. The molecule has 0 aliphatic carbocycles. The average Bonchev–Trinajstić information content (AvgIpc) is 2.74. The first-order chi connectivity index (χ1) is 9.31. The van der Waals surface area contributed by atoms with Crippen molar-refractivity contribution in [2.24, 2.45) is 0 Å². The highest BCUT2D eigenvalue weighted by molar-refractivity contribution is 5.81. The zero-order chi connectivity index (χ0) is 13.5. The summed E-state index contributed by atoms with van der Waals surface area (Å²) in [5, 5.41) is 0. The number of likely N-dealkylation sites (N-methyl/N-ethyl adjacent to an activating group) is 1.